The lowest BCUT2D eigenvalue weighted by Gasteiger charge is -2.14. The molecule has 0 aliphatic carbocycles. The molecule has 0 amide bonds. The van der Waals surface area contributed by atoms with E-state index in [1.807, 2.05) is 0 Å². The predicted octanol–water partition coefficient (Wildman–Crippen LogP) is 2.05. The first-order chi connectivity index (χ1) is 6.70. The number of rotatable bonds is 8. The van der Waals surface area contributed by atoms with Crippen LogP contribution in [0.5, 0.6) is 0 Å². The molecule has 2 nitrogen and oxygen atoms in total. The second-order valence-corrected chi connectivity index (χ2v) is 3.94. The molecule has 1 unspecified atom stereocenters. The van der Waals surface area contributed by atoms with Crippen LogP contribution >= 0.6 is 0 Å². The van der Waals surface area contributed by atoms with Crippen LogP contribution in [0.2, 0.25) is 0 Å². The summed E-state index contributed by atoms with van der Waals surface area (Å²) >= 11 is 0. The van der Waals surface area contributed by atoms with Crippen LogP contribution in [-0.4, -0.2) is 25.8 Å². The SMILES string of the molecule is C#CCC(CC)NCCOCC(C)C. The minimum atomic E-state index is 0.447. The molecule has 0 aliphatic heterocycles. The van der Waals surface area contributed by atoms with Crippen molar-refractivity contribution in [1.82, 2.24) is 5.32 Å². The predicted molar refractivity (Wildman–Crippen MR) is 61.2 cm³/mol. The van der Waals surface area contributed by atoms with Crippen molar-refractivity contribution in [2.24, 2.45) is 5.92 Å². The highest BCUT2D eigenvalue weighted by atomic mass is 16.5. The van der Waals surface area contributed by atoms with Crippen LogP contribution in [0.3, 0.4) is 0 Å². The van der Waals surface area contributed by atoms with E-state index in [4.69, 9.17) is 11.2 Å². The molecule has 1 N–H and O–H groups in total. The summed E-state index contributed by atoms with van der Waals surface area (Å²) in [5, 5.41) is 3.38. The maximum Gasteiger partial charge on any atom is 0.0591 e. The van der Waals surface area contributed by atoms with Gasteiger partial charge in [0.15, 0.2) is 0 Å². The molecule has 0 rings (SSSR count). The summed E-state index contributed by atoms with van der Waals surface area (Å²) in [5.41, 5.74) is 0. The van der Waals surface area contributed by atoms with E-state index in [2.05, 4.69) is 32.0 Å². The van der Waals surface area contributed by atoms with E-state index >= 15 is 0 Å². The Morgan fingerprint density at radius 3 is 2.64 bits per heavy atom. The summed E-state index contributed by atoms with van der Waals surface area (Å²) in [4.78, 5) is 0. The van der Waals surface area contributed by atoms with Gasteiger partial charge in [-0.15, -0.1) is 12.3 Å². The topological polar surface area (TPSA) is 21.3 Å². The zero-order chi connectivity index (χ0) is 10.8. The van der Waals surface area contributed by atoms with Gasteiger partial charge in [-0.3, -0.25) is 0 Å². The third-order valence-corrected chi connectivity index (χ3v) is 1.99. The maximum atomic E-state index is 5.45. The Kier molecular flexibility index (Phi) is 8.72. The first-order valence-electron chi connectivity index (χ1n) is 5.45. The highest BCUT2D eigenvalue weighted by Gasteiger charge is 2.02. The summed E-state index contributed by atoms with van der Waals surface area (Å²) in [6, 6.07) is 0.447. The number of nitrogens with one attached hydrogen (secondary N) is 1. The summed E-state index contributed by atoms with van der Waals surface area (Å²) in [6.07, 6.45) is 7.14. The van der Waals surface area contributed by atoms with Crippen molar-refractivity contribution in [3.63, 3.8) is 0 Å². The van der Waals surface area contributed by atoms with Gasteiger partial charge < -0.3 is 10.1 Å². The summed E-state index contributed by atoms with van der Waals surface area (Å²) in [7, 11) is 0. The number of ether oxygens (including phenoxy) is 1. The Hall–Kier alpha value is -0.520. The smallest absolute Gasteiger partial charge is 0.0591 e. The minimum Gasteiger partial charge on any atom is -0.380 e. The molecule has 0 aliphatic rings. The zero-order valence-electron chi connectivity index (χ0n) is 9.68. The fourth-order valence-electron chi connectivity index (χ4n) is 1.16. The van der Waals surface area contributed by atoms with Crippen molar-refractivity contribution in [1.29, 1.82) is 0 Å². The van der Waals surface area contributed by atoms with Crippen LogP contribution < -0.4 is 5.32 Å². The molecular weight excluding hydrogens is 174 g/mol. The van der Waals surface area contributed by atoms with Crippen molar-refractivity contribution in [2.45, 2.75) is 39.7 Å². The second kappa shape index (κ2) is 9.05. The molecule has 0 saturated heterocycles. The number of terminal acetylenes is 1. The number of hydrogen-bond acceptors (Lipinski definition) is 2. The molecule has 0 heterocycles. The highest BCUT2D eigenvalue weighted by molar-refractivity contribution is 4.89. The van der Waals surface area contributed by atoms with Crippen LogP contribution in [0.15, 0.2) is 0 Å². The van der Waals surface area contributed by atoms with Gasteiger partial charge in [0.25, 0.3) is 0 Å². The zero-order valence-corrected chi connectivity index (χ0v) is 9.68. The quantitative estimate of drug-likeness (QED) is 0.475. The lowest BCUT2D eigenvalue weighted by molar-refractivity contribution is 0.110. The largest absolute Gasteiger partial charge is 0.380 e. The van der Waals surface area contributed by atoms with Crippen LogP contribution in [0.4, 0.5) is 0 Å². The molecule has 2 heteroatoms. The third-order valence-electron chi connectivity index (χ3n) is 1.99. The minimum absolute atomic E-state index is 0.447. The van der Waals surface area contributed by atoms with E-state index in [9.17, 15) is 0 Å². The van der Waals surface area contributed by atoms with E-state index in [1.165, 1.54) is 0 Å². The van der Waals surface area contributed by atoms with Gasteiger partial charge in [0.2, 0.25) is 0 Å². The second-order valence-electron chi connectivity index (χ2n) is 3.94. The van der Waals surface area contributed by atoms with E-state index in [0.29, 0.717) is 12.0 Å². The van der Waals surface area contributed by atoms with Crippen LogP contribution in [-0.2, 0) is 4.74 Å². The third kappa shape index (κ3) is 8.10. The molecule has 0 aromatic carbocycles. The molecule has 0 saturated carbocycles. The normalized spacial score (nSPS) is 12.8. The lowest BCUT2D eigenvalue weighted by atomic mass is 10.1. The molecule has 0 aromatic rings. The first kappa shape index (κ1) is 13.5. The van der Waals surface area contributed by atoms with Crippen LogP contribution in [0, 0.1) is 18.3 Å². The van der Waals surface area contributed by atoms with Gasteiger partial charge in [-0.05, 0) is 12.3 Å². The molecule has 14 heavy (non-hydrogen) atoms. The van der Waals surface area contributed by atoms with Crippen LogP contribution in [0.25, 0.3) is 0 Å². The fraction of sp³-hybridized carbons (Fsp3) is 0.833. The van der Waals surface area contributed by atoms with Gasteiger partial charge in [-0.2, -0.15) is 0 Å². The molecule has 0 bridgehead atoms. The van der Waals surface area contributed by atoms with E-state index in [1.54, 1.807) is 0 Å². The highest BCUT2D eigenvalue weighted by Crippen LogP contribution is 1.95. The summed E-state index contributed by atoms with van der Waals surface area (Å²) in [5.74, 6) is 3.29. The Bertz CT molecular complexity index is 160. The van der Waals surface area contributed by atoms with Gasteiger partial charge >= 0.3 is 0 Å². The average molecular weight is 197 g/mol. The van der Waals surface area contributed by atoms with Gasteiger partial charge in [0.1, 0.15) is 0 Å². The molecule has 0 fully saturated rings. The fourth-order valence-corrected chi connectivity index (χ4v) is 1.16. The van der Waals surface area contributed by atoms with Gasteiger partial charge in [0, 0.05) is 25.6 Å². The maximum absolute atomic E-state index is 5.45. The van der Waals surface area contributed by atoms with E-state index in [0.717, 1.165) is 32.6 Å². The van der Waals surface area contributed by atoms with Gasteiger partial charge in [0.05, 0.1) is 6.61 Å². The number of hydrogen-bond donors (Lipinski definition) is 1. The average Bonchev–Trinajstić information content (AvgIpc) is 2.15. The summed E-state index contributed by atoms with van der Waals surface area (Å²) < 4.78 is 5.45. The Morgan fingerprint density at radius 2 is 2.14 bits per heavy atom. The van der Waals surface area contributed by atoms with E-state index < -0.39 is 0 Å². The van der Waals surface area contributed by atoms with Crippen LogP contribution in [0.1, 0.15) is 33.6 Å². The van der Waals surface area contributed by atoms with Crippen molar-refractivity contribution >= 4 is 0 Å². The van der Waals surface area contributed by atoms with Crippen molar-refractivity contribution in [3.8, 4) is 12.3 Å². The monoisotopic (exact) mass is 197 g/mol. The molecule has 0 aromatic heterocycles. The standard InChI is InChI=1S/C12H23NO/c1-5-7-12(6-2)13-8-9-14-10-11(3)4/h1,11-13H,6-10H2,2-4H3. The van der Waals surface area contributed by atoms with Gasteiger partial charge in [-0.1, -0.05) is 20.8 Å². The van der Waals surface area contributed by atoms with Crippen molar-refractivity contribution in [3.05, 3.63) is 0 Å². The van der Waals surface area contributed by atoms with Crippen molar-refractivity contribution in [2.75, 3.05) is 19.8 Å². The molecule has 0 radical (unpaired) electrons. The summed E-state index contributed by atoms with van der Waals surface area (Å²) in [6.45, 7) is 8.96. The lowest BCUT2D eigenvalue weighted by Crippen LogP contribution is -2.31. The molecule has 82 valence electrons. The Morgan fingerprint density at radius 1 is 1.43 bits per heavy atom. The van der Waals surface area contributed by atoms with Gasteiger partial charge in [-0.25, -0.2) is 0 Å². The van der Waals surface area contributed by atoms with Crippen molar-refractivity contribution < 1.29 is 4.74 Å². The Labute approximate surface area is 88.4 Å². The van der Waals surface area contributed by atoms with E-state index in [-0.39, 0.29) is 0 Å². The molecular formula is C12H23NO. The molecule has 1 atom stereocenters. The first-order valence-corrected chi connectivity index (χ1v) is 5.45. The molecule has 0 spiro atoms. The Balaban J connectivity index is 3.29.